The summed E-state index contributed by atoms with van der Waals surface area (Å²) < 4.78 is 10.9. The van der Waals surface area contributed by atoms with Crippen molar-refractivity contribution in [3.8, 4) is 0 Å². The molecule has 0 saturated carbocycles. The van der Waals surface area contributed by atoms with E-state index in [1.54, 1.807) is 0 Å². The zero-order valence-corrected chi connectivity index (χ0v) is 11.6. The summed E-state index contributed by atoms with van der Waals surface area (Å²) in [6.07, 6.45) is -0.305. The molecular weight excluding hydrogens is 256 g/mol. The summed E-state index contributed by atoms with van der Waals surface area (Å²) in [7, 11) is 0. The minimum absolute atomic E-state index is 0.0267. The molecule has 0 radical (unpaired) electrons. The Kier molecular flexibility index (Phi) is 4.00. The number of benzene rings is 1. The highest BCUT2D eigenvalue weighted by atomic mass is 16.7. The first kappa shape index (κ1) is 13.5. The van der Waals surface area contributed by atoms with Gasteiger partial charge in [-0.2, -0.15) is 0 Å². The van der Waals surface area contributed by atoms with Gasteiger partial charge in [-0.1, -0.05) is 19.1 Å². The van der Waals surface area contributed by atoms with Gasteiger partial charge in [-0.25, -0.2) is 0 Å². The monoisotopic (exact) mass is 276 g/mol. The van der Waals surface area contributed by atoms with E-state index < -0.39 is 0 Å². The van der Waals surface area contributed by atoms with Crippen molar-refractivity contribution in [2.45, 2.75) is 13.2 Å². The van der Waals surface area contributed by atoms with Gasteiger partial charge in [0.15, 0.2) is 6.29 Å². The number of carbonyl (C=O) groups is 1. The second kappa shape index (κ2) is 5.91. The molecule has 0 spiro atoms. The largest absolute Gasteiger partial charge is 0.346 e. The van der Waals surface area contributed by atoms with Crippen molar-refractivity contribution >= 4 is 11.6 Å². The van der Waals surface area contributed by atoms with Crippen LogP contribution in [0.25, 0.3) is 0 Å². The Balaban J connectivity index is 1.64. The molecule has 5 heteroatoms. The van der Waals surface area contributed by atoms with E-state index in [4.69, 9.17) is 9.47 Å². The molecular formula is C15H20N2O3. The van der Waals surface area contributed by atoms with E-state index in [9.17, 15) is 4.79 Å². The predicted molar refractivity (Wildman–Crippen MR) is 75.2 cm³/mol. The van der Waals surface area contributed by atoms with Crippen LogP contribution in [0.15, 0.2) is 24.3 Å². The Morgan fingerprint density at radius 3 is 2.75 bits per heavy atom. The average Bonchev–Trinajstić information content (AvgIpc) is 2.90. The van der Waals surface area contributed by atoms with Crippen LogP contribution in [0, 0.1) is 11.8 Å². The van der Waals surface area contributed by atoms with Crippen LogP contribution in [0.3, 0.4) is 0 Å². The van der Waals surface area contributed by atoms with Crippen LogP contribution in [-0.2, 0) is 14.3 Å². The summed E-state index contributed by atoms with van der Waals surface area (Å²) in [4.78, 5) is 12.2. The van der Waals surface area contributed by atoms with Crippen LogP contribution in [0.2, 0.25) is 0 Å². The third kappa shape index (κ3) is 2.85. The van der Waals surface area contributed by atoms with E-state index in [-0.39, 0.29) is 18.1 Å². The maximum atomic E-state index is 12.2. The number of ether oxygens (including phenoxy) is 2. The fraction of sp³-hybridized carbons (Fsp3) is 0.533. The molecule has 0 bridgehead atoms. The number of nitrogens with one attached hydrogen (secondary N) is 2. The second-order valence-electron chi connectivity index (χ2n) is 5.40. The molecule has 2 N–H and O–H groups in total. The molecule has 1 unspecified atom stereocenters. The molecule has 1 aromatic rings. The van der Waals surface area contributed by atoms with Gasteiger partial charge in [-0.3, -0.25) is 4.79 Å². The molecule has 5 nitrogen and oxygen atoms in total. The summed E-state index contributed by atoms with van der Waals surface area (Å²) >= 11 is 0. The van der Waals surface area contributed by atoms with Gasteiger partial charge in [0.2, 0.25) is 5.91 Å². The number of carbonyl (C=O) groups excluding carboxylic acids is 1. The van der Waals surface area contributed by atoms with Gasteiger partial charge >= 0.3 is 0 Å². The van der Waals surface area contributed by atoms with Crippen molar-refractivity contribution in [3.05, 3.63) is 29.8 Å². The molecule has 2 saturated heterocycles. The van der Waals surface area contributed by atoms with Crippen molar-refractivity contribution in [1.29, 1.82) is 0 Å². The van der Waals surface area contributed by atoms with Crippen molar-refractivity contribution in [1.82, 2.24) is 5.32 Å². The van der Waals surface area contributed by atoms with E-state index in [1.807, 2.05) is 31.2 Å². The highest BCUT2D eigenvalue weighted by Crippen LogP contribution is 2.26. The van der Waals surface area contributed by atoms with Crippen LogP contribution in [-0.4, -0.2) is 32.2 Å². The molecule has 0 aliphatic carbocycles. The topological polar surface area (TPSA) is 59.6 Å². The summed E-state index contributed by atoms with van der Waals surface area (Å²) in [5.41, 5.74) is 1.74. The summed E-state index contributed by atoms with van der Waals surface area (Å²) in [5.74, 6) is 0.542. The Morgan fingerprint density at radius 1 is 1.35 bits per heavy atom. The van der Waals surface area contributed by atoms with Gasteiger partial charge in [0.25, 0.3) is 0 Å². The Labute approximate surface area is 118 Å². The summed E-state index contributed by atoms with van der Waals surface area (Å²) in [5, 5.41) is 6.17. The average molecular weight is 276 g/mol. The molecule has 2 heterocycles. The van der Waals surface area contributed by atoms with Gasteiger partial charge in [0, 0.05) is 17.2 Å². The minimum Gasteiger partial charge on any atom is -0.346 e. The summed E-state index contributed by atoms with van der Waals surface area (Å²) in [6, 6.07) is 7.66. The molecule has 0 aromatic heterocycles. The fourth-order valence-corrected chi connectivity index (χ4v) is 2.45. The lowest BCUT2D eigenvalue weighted by atomic mass is 9.88. The molecule has 2 aliphatic rings. The molecule has 1 aromatic carbocycles. The van der Waals surface area contributed by atoms with Gasteiger partial charge in [-0.05, 0) is 31.1 Å². The standard InChI is InChI=1S/C15H20N2O3/c1-10(12-8-16-9-12)14(18)17-13-4-2-3-11(7-13)15-19-5-6-20-15/h2-4,7,10,12,15-16H,5-6,8-9H2,1H3,(H,17,18). The van der Waals surface area contributed by atoms with Crippen molar-refractivity contribution in [3.63, 3.8) is 0 Å². The van der Waals surface area contributed by atoms with Gasteiger partial charge in [0.05, 0.1) is 13.2 Å². The molecule has 108 valence electrons. The quantitative estimate of drug-likeness (QED) is 0.875. The Hall–Kier alpha value is -1.43. The number of rotatable bonds is 4. The molecule has 1 amide bonds. The van der Waals surface area contributed by atoms with Crippen LogP contribution in [0.5, 0.6) is 0 Å². The molecule has 2 fully saturated rings. The lowest BCUT2D eigenvalue weighted by Crippen LogP contribution is -2.48. The van der Waals surface area contributed by atoms with Gasteiger partial charge < -0.3 is 20.1 Å². The molecule has 1 atom stereocenters. The number of anilines is 1. The maximum absolute atomic E-state index is 12.2. The van der Waals surface area contributed by atoms with Gasteiger partial charge in [0.1, 0.15) is 0 Å². The van der Waals surface area contributed by atoms with E-state index >= 15 is 0 Å². The third-order valence-electron chi connectivity index (χ3n) is 3.98. The first-order valence-electron chi connectivity index (χ1n) is 7.09. The number of amides is 1. The first-order valence-corrected chi connectivity index (χ1v) is 7.09. The van der Waals surface area contributed by atoms with E-state index in [2.05, 4.69) is 10.6 Å². The number of hydrogen-bond donors (Lipinski definition) is 2. The van der Waals surface area contributed by atoms with Crippen LogP contribution in [0.1, 0.15) is 18.8 Å². The molecule has 20 heavy (non-hydrogen) atoms. The minimum atomic E-state index is -0.305. The van der Waals surface area contributed by atoms with Crippen LogP contribution < -0.4 is 10.6 Å². The van der Waals surface area contributed by atoms with Crippen molar-refractivity contribution < 1.29 is 14.3 Å². The zero-order chi connectivity index (χ0) is 13.9. The fourth-order valence-electron chi connectivity index (χ4n) is 2.45. The first-order chi connectivity index (χ1) is 9.74. The number of hydrogen-bond acceptors (Lipinski definition) is 4. The maximum Gasteiger partial charge on any atom is 0.227 e. The third-order valence-corrected chi connectivity index (χ3v) is 3.98. The van der Waals surface area contributed by atoms with E-state index in [0.717, 1.165) is 24.3 Å². The Morgan fingerprint density at radius 2 is 2.10 bits per heavy atom. The smallest absolute Gasteiger partial charge is 0.227 e. The second-order valence-corrected chi connectivity index (χ2v) is 5.40. The highest BCUT2D eigenvalue weighted by Gasteiger charge is 2.28. The van der Waals surface area contributed by atoms with E-state index in [0.29, 0.717) is 19.1 Å². The molecule has 2 aliphatic heterocycles. The SMILES string of the molecule is CC(C(=O)Nc1cccc(C2OCCO2)c1)C1CNC1. The zero-order valence-electron chi connectivity index (χ0n) is 11.6. The van der Waals surface area contributed by atoms with Crippen LogP contribution >= 0.6 is 0 Å². The van der Waals surface area contributed by atoms with Crippen molar-refractivity contribution in [2.75, 3.05) is 31.6 Å². The van der Waals surface area contributed by atoms with Crippen LogP contribution in [0.4, 0.5) is 5.69 Å². The summed E-state index contributed by atoms with van der Waals surface area (Å²) in [6.45, 7) is 5.07. The predicted octanol–water partition coefficient (Wildman–Crippen LogP) is 1.53. The Bertz CT molecular complexity index is 482. The van der Waals surface area contributed by atoms with E-state index in [1.165, 1.54) is 0 Å². The lowest BCUT2D eigenvalue weighted by Gasteiger charge is -2.31. The normalized spacial score (nSPS) is 21.4. The molecule has 3 rings (SSSR count). The lowest BCUT2D eigenvalue weighted by molar-refractivity contribution is -0.121. The highest BCUT2D eigenvalue weighted by molar-refractivity contribution is 5.92. The van der Waals surface area contributed by atoms with Gasteiger partial charge in [-0.15, -0.1) is 0 Å². The van der Waals surface area contributed by atoms with Crippen molar-refractivity contribution in [2.24, 2.45) is 11.8 Å².